The van der Waals surface area contributed by atoms with Crippen LogP contribution in [0.25, 0.3) is 0 Å². The number of sulfonamides is 1. The number of rotatable bonds is 10. The Labute approximate surface area is 172 Å². The van der Waals surface area contributed by atoms with E-state index in [1.165, 1.54) is 6.07 Å². The molecule has 2 aromatic rings. The van der Waals surface area contributed by atoms with Gasteiger partial charge in [-0.1, -0.05) is 12.1 Å². The van der Waals surface area contributed by atoms with Gasteiger partial charge in [0.25, 0.3) is 5.91 Å². The number of carbonyl (C=O) groups is 1. The van der Waals surface area contributed by atoms with Crippen molar-refractivity contribution in [2.75, 3.05) is 30.7 Å². The van der Waals surface area contributed by atoms with Crippen LogP contribution in [-0.4, -0.2) is 40.3 Å². The topological polar surface area (TPSA) is 93.7 Å². The summed E-state index contributed by atoms with van der Waals surface area (Å²) in [7, 11) is -3.42. The largest absolute Gasteiger partial charge is 0.490 e. The normalized spacial score (nSPS) is 11.0. The van der Waals surface area contributed by atoms with Crippen molar-refractivity contribution in [3.05, 3.63) is 53.1 Å². The fourth-order valence-electron chi connectivity index (χ4n) is 2.75. The summed E-state index contributed by atoms with van der Waals surface area (Å²) in [5.41, 5.74) is 2.54. The number of nitrogens with one attached hydrogen (secondary N) is 2. The second kappa shape index (κ2) is 10.2. The minimum atomic E-state index is -3.42. The van der Waals surface area contributed by atoms with Gasteiger partial charge in [-0.2, -0.15) is 0 Å². The van der Waals surface area contributed by atoms with Gasteiger partial charge in [0.15, 0.2) is 11.5 Å². The molecule has 1 amide bonds. The molecule has 0 saturated carbocycles. The highest BCUT2D eigenvalue weighted by Gasteiger charge is 2.11. The van der Waals surface area contributed by atoms with Crippen LogP contribution in [0, 0.1) is 6.92 Å². The molecule has 0 saturated heterocycles. The third kappa shape index (κ3) is 6.98. The highest BCUT2D eigenvalue weighted by Crippen LogP contribution is 2.28. The molecule has 0 aliphatic heterocycles. The summed E-state index contributed by atoms with van der Waals surface area (Å²) in [4.78, 5) is 12.4. The summed E-state index contributed by atoms with van der Waals surface area (Å²) >= 11 is 0. The maximum atomic E-state index is 12.4. The summed E-state index contributed by atoms with van der Waals surface area (Å²) in [6, 6.07) is 10.6. The Morgan fingerprint density at radius 2 is 1.69 bits per heavy atom. The highest BCUT2D eigenvalue weighted by atomic mass is 32.2. The van der Waals surface area contributed by atoms with Crippen LogP contribution in [-0.2, 0) is 16.4 Å². The SMILES string of the molecule is CCOc1ccc(CCNC(=O)c2ccc(C)c(NS(C)(=O)=O)c2)cc1OCC. The Balaban J connectivity index is 2.01. The number of amides is 1. The van der Waals surface area contributed by atoms with Gasteiger partial charge in [-0.3, -0.25) is 9.52 Å². The second-order valence-electron chi connectivity index (χ2n) is 6.56. The average molecular weight is 421 g/mol. The van der Waals surface area contributed by atoms with Gasteiger partial charge in [-0.15, -0.1) is 0 Å². The number of benzene rings is 2. The lowest BCUT2D eigenvalue weighted by atomic mass is 10.1. The van der Waals surface area contributed by atoms with Crippen LogP contribution in [0.1, 0.15) is 35.3 Å². The molecule has 0 heterocycles. The van der Waals surface area contributed by atoms with Crippen molar-refractivity contribution in [1.82, 2.24) is 5.32 Å². The van der Waals surface area contributed by atoms with E-state index in [0.29, 0.717) is 48.9 Å². The van der Waals surface area contributed by atoms with E-state index in [1.54, 1.807) is 19.1 Å². The molecule has 2 rings (SSSR count). The molecule has 0 aromatic heterocycles. The third-order valence-electron chi connectivity index (χ3n) is 4.10. The number of carbonyl (C=O) groups excluding carboxylic acids is 1. The van der Waals surface area contributed by atoms with Crippen LogP contribution < -0.4 is 19.5 Å². The number of aryl methyl sites for hydroxylation is 1. The minimum Gasteiger partial charge on any atom is -0.490 e. The van der Waals surface area contributed by atoms with Gasteiger partial charge < -0.3 is 14.8 Å². The average Bonchev–Trinajstić information content (AvgIpc) is 2.64. The summed E-state index contributed by atoms with van der Waals surface area (Å²) in [6.45, 7) is 7.14. The smallest absolute Gasteiger partial charge is 0.251 e. The maximum Gasteiger partial charge on any atom is 0.251 e. The van der Waals surface area contributed by atoms with Gasteiger partial charge in [0.2, 0.25) is 10.0 Å². The van der Waals surface area contributed by atoms with E-state index in [4.69, 9.17) is 9.47 Å². The predicted octanol–water partition coefficient (Wildman–Crippen LogP) is 3.14. The van der Waals surface area contributed by atoms with Gasteiger partial charge in [-0.05, 0) is 62.6 Å². The Morgan fingerprint density at radius 3 is 2.34 bits per heavy atom. The Kier molecular flexibility index (Phi) is 7.90. The van der Waals surface area contributed by atoms with Crippen molar-refractivity contribution in [2.45, 2.75) is 27.2 Å². The number of hydrogen-bond acceptors (Lipinski definition) is 5. The van der Waals surface area contributed by atoms with Crippen molar-refractivity contribution in [3.63, 3.8) is 0 Å². The van der Waals surface area contributed by atoms with Crippen molar-refractivity contribution >= 4 is 21.6 Å². The van der Waals surface area contributed by atoms with E-state index >= 15 is 0 Å². The molecular formula is C21H28N2O5S. The van der Waals surface area contributed by atoms with E-state index in [2.05, 4.69) is 10.0 Å². The molecule has 29 heavy (non-hydrogen) atoms. The molecule has 0 unspecified atom stereocenters. The Hall–Kier alpha value is -2.74. The fourth-order valence-corrected chi connectivity index (χ4v) is 3.37. The van der Waals surface area contributed by atoms with Crippen LogP contribution in [0.5, 0.6) is 11.5 Å². The summed E-state index contributed by atoms with van der Waals surface area (Å²) in [5, 5.41) is 2.86. The number of anilines is 1. The number of ether oxygens (including phenoxy) is 2. The molecule has 0 aliphatic rings. The molecule has 2 N–H and O–H groups in total. The minimum absolute atomic E-state index is 0.266. The molecule has 2 aromatic carbocycles. The van der Waals surface area contributed by atoms with Crippen LogP contribution >= 0.6 is 0 Å². The van der Waals surface area contributed by atoms with Crippen molar-refractivity contribution in [2.24, 2.45) is 0 Å². The number of hydrogen-bond donors (Lipinski definition) is 2. The lowest BCUT2D eigenvalue weighted by Gasteiger charge is -2.13. The van der Waals surface area contributed by atoms with Crippen LogP contribution in [0.4, 0.5) is 5.69 Å². The molecule has 0 spiro atoms. The van der Waals surface area contributed by atoms with Gasteiger partial charge in [0.05, 0.1) is 25.2 Å². The first-order valence-corrected chi connectivity index (χ1v) is 11.4. The molecule has 0 radical (unpaired) electrons. The zero-order valence-electron chi connectivity index (χ0n) is 17.2. The zero-order chi connectivity index (χ0) is 21.4. The summed E-state index contributed by atoms with van der Waals surface area (Å²) in [5.74, 6) is 1.12. The van der Waals surface area contributed by atoms with Crippen molar-refractivity contribution < 1.29 is 22.7 Å². The Morgan fingerprint density at radius 1 is 1.00 bits per heavy atom. The lowest BCUT2D eigenvalue weighted by molar-refractivity contribution is 0.0954. The van der Waals surface area contributed by atoms with E-state index in [1.807, 2.05) is 32.0 Å². The molecular weight excluding hydrogens is 392 g/mol. The Bertz CT molecular complexity index is 958. The van der Waals surface area contributed by atoms with Crippen LogP contribution in [0.2, 0.25) is 0 Å². The van der Waals surface area contributed by atoms with Gasteiger partial charge in [-0.25, -0.2) is 8.42 Å². The summed E-state index contributed by atoms with van der Waals surface area (Å²) < 4.78 is 36.5. The molecule has 0 bridgehead atoms. The van der Waals surface area contributed by atoms with Crippen LogP contribution in [0.3, 0.4) is 0 Å². The maximum absolute atomic E-state index is 12.4. The molecule has 0 fully saturated rings. The first-order valence-electron chi connectivity index (χ1n) is 9.48. The first kappa shape index (κ1) is 22.5. The molecule has 0 atom stereocenters. The molecule has 0 aliphatic carbocycles. The molecule has 158 valence electrons. The molecule has 8 heteroatoms. The van der Waals surface area contributed by atoms with E-state index < -0.39 is 10.0 Å². The van der Waals surface area contributed by atoms with Crippen molar-refractivity contribution in [1.29, 1.82) is 0 Å². The zero-order valence-corrected chi connectivity index (χ0v) is 18.1. The van der Waals surface area contributed by atoms with Crippen LogP contribution in [0.15, 0.2) is 36.4 Å². The van der Waals surface area contributed by atoms with Gasteiger partial charge in [0, 0.05) is 12.1 Å². The predicted molar refractivity (Wildman–Crippen MR) is 114 cm³/mol. The third-order valence-corrected chi connectivity index (χ3v) is 4.69. The monoisotopic (exact) mass is 420 g/mol. The first-order chi connectivity index (χ1) is 13.7. The summed E-state index contributed by atoms with van der Waals surface area (Å²) in [6.07, 6.45) is 1.70. The molecule has 7 nitrogen and oxygen atoms in total. The quantitative estimate of drug-likeness (QED) is 0.616. The highest BCUT2D eigenvalue weighted by molar-refractivity contribution is 7.92. The van der Waals surface area contributed by atoms with E-state index in [0.717, 1.165) is 17.4 Å². The fraction of sp³-hybridized carbons (Fsp3) is 0.381. The van der Waals surface area contributed by atoms with E-state index in [-0.39, 0.29) is 5.91 Å². The van der Waals surface area contributed by atoms with Crippen molar-refractivity contribution in [3.8, 4) is 11.5 Å². The standard InChI is InChI=1S/C21H28N2O5S/c1-5-27-19-10-8-16(13-20(19)28-6-2)11-12-22-21(24)17-9-7-15(3)18(14-17)23-29(4,25)26/h7-10,13-14,23H,5-6,11-12H2,1-4H3,(H,22,24). The van der Waals surface area contributed by atoms with Gasteiger partial charge in [0.1, 0.15) is 0 Å². The van der Waals surface area contributed by atoms with E-state index in [9.17, 15) is 13.2 Å². The second-order valence-corrected chi connectivity index (χ2v) is 8.31. The lowest BCUT2D eigenvalue weighted by Crippen LogP contribution is -2.26. The van der Waals surface area contributed by atoms with Gasteiger partial charge >= 0.3 is 0 Å².